The van der Waals surface area contributed by atoms with Crippen LogP contribution in [0.4, 0.5) is 10.7 Å². The summed E-state index contributed by atoms with van der Waals surface area (Å²) in [5.74, 6) is -1.35. The minimum Gasteiger partial charge on any atom is -0.478 e. The van der Waals surface area contributed by atoms with Crippen LogP contribution in [-0.4, -0.2) is 28.7 Å². The first-order chi connectivity index (χ1) is 18.4. The average Bonchev–Trinajstić information content (AvgIpc) is 3.73. The Morgan fingerprint density at radius 1 is 1.03 bits per heavy atom. The molecule has 7 rings (SSSR count). The van der Waals surface area contributed by atoms with Crippen molar-refractivity contribution in [2.45, 2.75) is 38.1 Å². The van der Waals surface area contributed by atoms with Gasteiger partial charge < -0.3 is 10.0 Å². The van der Waals surface area contributed by atoms with Crippen LogP contribution < -0.4 is 4.90 Å². The number of allylic oxidation sites excluding steroid dienone is 1. The quantitative estimate of drug-likeness (QED) is 0.213. The number of hydrogen-bond acceptors (Lipinski definition) is 6. The molecule has 38 heavy (non-hydrogen) atoms. The van der Waals surface area contributed by atoms with E-state index >= 15 is 0 Å². The summed E-state index contributed by atoms with van der Waals surface area (Å²) in [6.45, 7) is 1.99. The Kier molecular flexibility index (Phi) is 5.29. The van der Waals surface area contributed by atoms with Crippen molar-refractivity contribution in [2.24, 2.45) is 0 Å². The van der Waals surface area contributed by atoms with E-state index < -0.39 is 11.8 Å². The van der Waals surface area contributed by atoms with Gasteiger partial charge in [0.25, 0.3) is 0 Å². The lowest BCUT2D eigenvalue weighted by molar-refractivity contribution is 0.0696. The van der Waals surface area contributed by atoms with Gasteiger partial charge in [-0.3, -0.25) is 9.59 Å². The number of carbonyl (C=O) groups excluding carboxylic acids is 2. The summed E-state index contributed by atoms with van der Waals surface area (Å²) in [6.07, 6.45) is 5.33. The minimum absolute atomic E-state index is 0.000467. The van der Waals surface area contributed by atoms with Crippen LogP contribution in [0.3, 0.4) is 0 Å². The molecule has 1 aliphatic heterocycles. The summed E-state index contributed by atoms with van der Waals surface area (Å²) in [6, 6.07) is 17.8. The molecule has 2 unspecified atom stereocenters. The van der Waals surface area contributed by atoms with Gasteiger partial charge >= 0.3 is 5.97 Å². The Morgan fingerprint density at radius 2 is 1.87 bits per heavy atom. The zero-order chi connectivity index (χ0) is 26.1. The number of benzene rings is 2. The fourth-order valence-electron chi connectivity index (χ4n) is 6.20. The topological polar surface area (TPSA) is 74.7 Å². The summed E-state index contributed by atoms with van der Waals surface area (Å²) in [4.78, 5) is 41.9. The van der Waals surface area contributed by atoms with Crippen LogP contribution in [0.5, 0.6) is 0 Å². The molecule has 0 radical (unpaired) electrons. The molecular formula is C31H23NO4S2. The number of carbonyl (C=O) groups is 3. The predicted octanol–water partition coefficient (Wildman–Crippen LogP) is 7.73. The maximum Gasteiger partial charge on any atom is 0.335 e. The van der Waals surface area contributed by atoms with Crippen LogP contribution in [0.1, 0.15) is 72.3 Å². The van der Waals surface area contributed by atoms with Gasteiger partial charge in [0.2, 0.25) is 0 Å². The number of rotatable bonds is 4. The van der Waals surface area contributed by atoms with E-state index in [-0.39, 0.29) is 28.0 Å². The van der Waals surface area contributed by atoms with Crippen LogP contribution >= 0.6 is 22.7 Å². The second-order valence-electron chi connectivity index (χ2n) is 10.1. The van der Waals surface area contributed by atoms with Crippen molar-refractivity contribution in [1.82, 2.24) is 0 Å². The third kappa shape index (κ3) is 3.46. The summed E-state index contributed by atoms with van der Waals surface area (Å²) in [5, 5.41) is 12.7. The van der Waals surface area contributed by atoms with E-state index in [1.807, 2.05) is 6.92 Å². The van der Waals surface area contributed by atoms with Gasteiger partial charge in [-0.2, -0.15) is 0 Å². The summed E-state index contributed by atoms with van der Waals surface area (Å²) in [5.41, 5.74) is 5.39. The Hall–Kier alpha value is -3.81. The molecule has 1 fully saturated rings. The van der Waals surface area contributed by atoms with Crippen molar-refractivity contribution in [3.63, 3.8) is 0 Å². The fraction of sp³-hybridized carbons (Fsp3) is 0.194. The highest BCUT2D eigenvalue weighted by molar-refractivity contribution is 7.16. The number of carboxylic acid groups (broad SMARTS) is 1. The highest BCUT2D eigenvalue weighted by atomic mass is 32.1. The van der Waals surface area contributed by atoms with Gasteiger partial charge in [-0.15, -0.1) is 22.7 Å². The monoisotopic (exact) mass is 537 g/mol. The first-order valence-electron chi connectivity index (χ1n) is 12.7. The number of fused-ring (bicyclic) bond motifs is 4. The maximum absolute atomic E-state index is 13.1. The molecule has 4 aromatic rings. The molecule has 188 valence electrons. The van der Waals surface area contributed by atoms with E-state index in [1.54, 1.807) is 28.7 Å². The number of nitrogens with zero attached hydrogens (tertiary/aromatic N) is 1. The van der Waals surface area contributed by atoms with Crippen molar-refractivity contribution in [2.75, 3.05) is 4.90 Å². The van der Waals surface area contributed by atoms with Crippen molar-refractivity contribution < 1.29 is 19.5 Å². The second-order valence-corrected chi connectivity index (χ2v) is 12.1. The Labute approximate surface area is 227 Å². The molecular weight excluding hydrogens is 514 g/mol. The maximum atomic E-state index is 13.1. The number of aryl methyl sites for hydroxylation is 1. The number of aromatic carboxylic acids is 1. The summed E-state index contributed by atoms with van der Waals surface area (Å²) in [7, 11) is 0. The number of Topliss-reactive ketones (excluding diaryl/α,β-unsaturated/α-hetero) is 2. The SMILES string of the molecule is Cc1cc(-c2ccc3c(c2)C2CCCC2N3c2cccs2)sc1/C=C1\C(=O)c2ccc(C(=O)O)cc2C1=O. The fourth-order valence-corrected chi connectivity index (χ4v) is 8.12. The molecule has 0 spiro atoms. The molecule has 2 aromatic heterocycles. The van der Waals surface area contributed by atoms with Gasteiger partial charge in [0.05, 0.1) is 16.1 Å². The van der Waals surface area contributed by atoms with Gasteiger partial charge in [-0.1, -0.05) is 12.5 Å². The number of thiophene rings is 2. The highest BCUT2D eigenvalue weighted by Crippen LogP contribution is 2.54. The van der Waals surface area contributed by atoms with Gasteiger partial charge in [0.1, 0.15) is 0 Å². The van der Waals surface area contributed by atoms with E-state index in [0.717, 1.165) is 20.9 Å². The van der Waals surface area contributed by atoms with Crippen LogP contribution in [-0.2, 0) is 0 Å². The van der Waals surface area contributed by atoms with E-state index in [2.05, 4.69) is 46.7 Å². The zero-order valence-electron chi connectivity index (χ0n) is 20.6. The van der Waals surface area contributed by atoms with Crippen LogP contribution in [0.2, 0.25) is 0 Å². The van der Waals surface area contributed by atoms with Crippen LogP contribution in [0.15, 0.2) is 65.6 Å². The van der Waals surface area contributed by atoms with E-state index in [4.69, 9.17) is 0 Å². The van der Waals surface area contributed by atoms with E-state index in [0.29, 0.717) is 12.0 Å². The largest absolute Gasteiger partial charge is 0.478 e. The first kappa shape index (κ1) is 23.3. The molecule has 0 amide bonds. The average molecular weight is 538 g/mol. The van der Waals surface area contributed by atoms with Crippen molar-refractivity contribution in [3.8, 4) is 10.4 Å². The highest BCUT2D eigenvalue weighted by Gasteiger charge is 2.42. The molecule has 3 heterocycles. The molecule has 1 N–H and O–H groups in total. The number of ketones is 2. The van der Waals surface area contributed by atoms with E-state index in [9.17, 15) is 19.5 Å². The molecule has 5 nitrogen and oxygen atoms in total. The standard InChI is InChI=1S/C31H23NO4S2/c1-16-12-27(38-26(16)15-23-29(33)20-9-7-18(31(35)36)14-22(20)30(23)34)17-8-10-25-21(13-17)19-4-2-5-24(19)32(25)28-6-3-11-37-28/h3,6-15,19,24H,2,4-5H2,1H3,(H,35,36)/b23-15+. The molecule has 2 aromatic carbocycles. The van der Waals surface area contributed by atoms with Crippen molar-refractivity contribution >= 4 is 57.0 Å². The smallest absolute Gasteiger partial charge is 0.335 e. The van der Waals surface area contributed by atoms with Gasteiger partial charge in [0, 0.05) is 38.5 Å². The molecule has 7 heteroatoms. The van der Waals surface area contributed by atoms with Crippen molar-refractivity contribution in [3.05, 3.63) is 98.2 Å². The van der Waals surface area contributed by atoms with Crippen molar-refractivity contribution in [1.29, 1.82) is 0 Å². The minimum atomic E-state index is -1.12. The van der Waals surface area contributed by atoms with Gasteiger partial charge in [-0.25, -0.2) is 4.79 Å². The number of anilines is 2. The third-order valence-corrected chi connectivity index (χ3v) is 10.1. The molecule has 2 atom stereocenters. The second kappa shape index (κ2) is 8.61. The third-order valence-electron chi connectivity index (χ3n) is 8.00. The summed E-state index contributed by atoms with van der Waals surface area (Å²) >= 11 is 3.36. The molecule has 0 saturated heterocycles. The lowest BCUT2D eigenvalue weighted by atomic mass is 9.95. The lowest BCUT2D eigenvalue weighted by Crippen LogP contribution is -2.25. The lowest BCUT2D eigenvalue weighted by Gasteiger charge is -2.25. The van der Waals surface area contributed by atoms with E-state index in [1.165, 1.54) is 53.7 Å². The number of hydrogen-bond donors (Lipinski definition) is 1. The molecule has 2 aliphatic carbocycles. The number of carboxylic acids is 1. The van der Waals surface area contributed by atoms with Gasteiger partial charge in [0.15, 0.2) is 11.6 Å². The Balaban J connectivity index is 1.24. The van der Waals surface area contributed by atoms with Gasteiger partial charge in [-0.05, 0) is 96.4 Å². The zero-order valence-corrected chi connectivity index (χ0v) is 22.2. The molecule has 1 saturated carbocycles. The van der Waals surface area contributed by atoms with Crippen LogP contribution in [0, 0.1) is 6.92 Å². The normalized spacial score (nSPS) is 20.8. The Bertz CT molecular complexity index is 1690. The summed E-state index contributed by atoms with van der Waals surface area (Å²) < 4.78 is 0. The predicted molar refractivity (Wildman–Crippen MR) is 151 cm³/mol. The molecule has 3 aliphatic rings. The Morgan fingerprint density at radius 3 is 2.66 bits per heavy atom. The first-order valence-corrected chi connectivity index (χ1v) is 14.4. The molecule has 0 bridgehead atoms. The van der Waals surface area contributed by atoms with Crippen LogP contribution in [0.25, 0.3) is 16.5 Å².